The minimum absolute atomic E-state index is 0.0632. The number of hydrogen-bond acceptors (Lipinski definition) is 4. The van der Waals surface area contributed by atoms with Crippen molar-refractivity contribution in [1.29, 1.82) is 0 Å². The van der Waals surface area contributed by atoms with Gasteiger partial charge in [0.2, 0.25) is 21.8 Å². The fourth-order valence-corrected chi connectivity index (χ4v) is 7.41. The van der Waals surface area contributed by atoms with Crippen LogP contribution in [0.15, 0.2) is 106 Å². The molecule has 1 N–H and O–H groups in total. The molecule has 4 aromatic rings. The molecule has 0 aliphatic heterocycles. The smallest absolute Gasteiger partial charge is 0.243 e. The molecule has 4 aromatic carbocycles. The van der Waals surface area contributed by atoms with Crippen LogP contribution in [0.25, 0.3) is 10.8 Å². The molecule has 1 aliphatic rings. The first-order chi connectivity index (χ1) is 21.2. The average molecular weight is 677 g/mol. The molecule has 2 amide bonds. The fourth-order valence-electron chi connectivity index (χ4n) is 5.80. The second-order valence-electron chi connectivity index (χ2n) is 11.5. The molecule has 1 saturated carbocycles. The lowest BCUT2D eigenvalue weighted by molar-refractivity contribution is -0.141. The topological polar surface area (TPSA) is 86.8 Å². The Labute approximate surface area is 268 Å². The molecule has 1 aliphatic carbocycles. The third-order valence-corrected chi connectivity index (χ3v) is 10.5. The highest BCUT2D eigenvalue weighted by Gasteiger charge is 2.34. The average Bonchev–Trinajstić information content (AvgIpc) is 3.03. The number of fused-ring (bicyclic) bond motifs is 1. The van der Waals surface area contributed by atoms with Gasteiger partial charge in [-0.2, -0.15) is 4.31 Å². The molecule has 0 spiro atoms. The van der Waals surface area contributed by atoms with E-state index in [0.29, 0.717) is 6.42 Å². The van der Waals surface area contributed by atoms with Crippen LogP contribution in [0.4, 0.5) is 0 Å². The first-order valence-corrected chi connectivity index (χ1v) is 17.3. The van der Waals surface area contributed by atoms with Gasteiger partial charge >= 0.3 is 0 Å². The zero-order valence-corrected chi connectivity index (χ0v) is 27.3. The molecule has 0 saturated heterocycles. The van der Waals surface area contributed by atoms with Crippen molar-refractivity contribution in [1.82, 2.24) is 14.5 Å². The molecule has 1 atom stereocenters. The van der Waals surface area contributed by atoms with Gasteiger partial charge in [-0.3, -0.25) is 9.59 Å². The predicted octanol–water partition coefficient (Wildman–Crippen LogP) is 6.31. The number of nitrogens with zero attached hydrogens (tertiary/aromatic N) is 2. The van der Waals surface area contributed by atoms with Crippen molar-refractivity contribution in [3.8, 4) is 0 Å². The minimum atomic E-state index is -3.99. The molecule has 0 aromatic heterocycles. The fraction of sp³-hybridized carbons (Fsp3) is 0.314. The molecule has 0 radical (unpaired) electrons. The third kappa shape index (κ3) is 7.94. The molecular formula is C35H38BrN3O4S. The second-order valence-corrected chi connectivity index (χ2v) is 14.4. The van der Waals surface area contributed by atoms with Crippen LogP contribution in [0.3, 0.4) is 0 Å². The normalized spacial score (nSPS) is 14.8. The van der Waals surface area contributed by atoms with E-state index in [2.05, 4.69) is 21.2 Å². The molecule has 0 heterocycles. The summed E-state index contributed by atoms with van der Waals surface area (Å²) in [5.74, 6) is -0.666. The number of carbonyl (C=O) groups excluding carboxylic acids is 2. The largest absolute Gasteiger partial charge is 0.352 e. The van der Waals surface area contributed by atoms with Crippen LogP contribution in [-0.2, 0) is 32.6 Å². The summed E-state index contributed by atoms with van der Waals surface area (Å²) in [6.45, 7) is -0.261. The summed E-state index contributed by atoms with van der Waals surface area (Å²) in [5, 5.41) is 4.95. The monoisotopic (exact) mass is 675 g/mol. The molecular weight excluding hydrogens is 638 g/mol. The van der Waals surface area contributed by atoms with Crippen molar-refractivity contribution >= 4 is 48.5 Å². The number of benzene rings is 4. The van der Waals surface area contributed by atoms with Crippen LogP contribution in [0.2, 0.25) is 0 Å². The van der Waals surface area contributed by atoms with E-state index >= 15 is 0 Å². The van der Waals surface area contributed by atoms with E-state index in [1.54, 1.807) is 23.1 Å². The molecule has 44 heavy (non-hydrogen) atoms. The van der Waals surface area contributed by atoms with Gasteiger partial charge in [0.1, 0.15) is 6.04 Å². The number of sulfonamides is 1. The van der Waals surface area contributed by atoms with Crippen LogP contribution >= 0.6 is 15.9 Å². The van der Waals surface area contributed by atoms with Crippen LogP contribution in [0.5, 0.6) is 0 Å². The Balaban J connectivity index is 1.45. The highest BCUT2D eigenvalue weighted by atomic mass is 79.9. The number of carbonyl (C=O) groups is 2. The SMILES string of the molecule is CN(CC(=O)N(Cc1cccc(Br)c1)[C@@H](Cc1ccccc1)C(=O)NC1CCCCC1)S(=O)(=O)c1ccc2ccccc2c1. The van der Waals surface area contributed by atoms with Gasteiger partial charge in [-0.05, 0) is 59.0 Å². The molecule has 230 valence electrons. The van der Waals surface area contributed by atoms with Gasteiger partial charge in [-0.25, -0.2) is 8.42 Å². The molecule has 7 nitrogen and oxygen atoms in total. The second kappa shape index (κ2) is 14.5. The van der Waals surface area contributed by atoms with E-state index in [-0.39, 0.29) is 23.4 Å². The van der Waals surface area contributed by atoms with Crippen molar-refractivity contribution in [2.24, 2.45) is 0 Å². The van der Waals surface area contributed by atoms with Gasteiger partial charge in [0.05, 0.1) is 11.4 Å². The Morgan fingerprint density at radius 1 is 0.841 bits per heavy atom. The maximum atomic E-state index is 14.2. The molecule has 1 fully saturated rings. The van der Waals surface area contributed by atoms with Crippen molar-refractivity contribution in [2.45, 2.75) is 62.0 Å². The molecule has 0 bridgehead atoms. The highest BCUT2D eigenvalue weighted by molar-refractivity contribution is 9.10. The van der Waals surface area contributed by atoms with Crippen LogP contribution in [0.1, 0.15) is 43.2 Å². The summed E-state index contributed by atoms with van der Waals surface area (Å²) in [7, 11) is -2.58. The number of hydrogen-bond donors (Lipinski definition) is 1. The first-order valence-electron chi connectivity index (χ1n) is 15.0. The van der Waals surface area contributed by atoms with Gasteiger partial charge < -0.3 is 10.2 Å². The van der Waals surface area contributed by atoms with E-state index in [0.717, 1.165) is 62.8 Å². The maximum Gasteiger partial charge on any atom is 0.243 e. The first kappa shape index (κ1) is 31.9. The van der Waals surface area contributed by atoms with E-state index in [1.807, 2.05) is 78.9 Å². The van der Waals surface area contributed by atoms with Crippen molar-refractivity contribution in [3.05, 3.63) is 113 Å². The summed E-state index contributed by atoms with van der Waals surface area (Å²) in [6, 6.07) is 28.9. The maximum absolute atomic E-state index is 14.2. The van der Waals surface area contributed by atoms with E-state index < -0.39 is 28.5 Å². The summed E-state index contributed by atoms with van der Waals surface area (Å²) in [5.41, 5.74) is 1.75. The van der Waals surface area contributed by atoms with Gasteiger partial charge in [0, 0.05) is 30.5 Å². The Morgan fingerprint density at radius 2 is 1.52 bits per heavy atom. The molecule has 5 rings (SSSR count). The van der Waals surface area contributed by atoms with Gasteiger partial charge in [0.25, 0.3) is 0 Å². The Kier molecular flexibility index (Phi) is 10.5. The summed E-state index contributed by atoms with van der Waals surface area (Å²) < 4.78 is 29.3. The van der Waals surface area contributed by atoms with E-state index in [1.165, 1.54) is 7.05 Å². The Morgan fingerprint density at radius 3 is 2.25 bits per heavy atom. The van der Waals surface area contributed by atoms with Crippen molar-refractivity contribution < 1.29 is 18.0 Å². The van der Waals surface area contributed by atoms with E-state index in [4.69, 9.17) is 0 Å². The summed E-state index contributed by atoms with van der Waals surface area (Å²) in [4.78, 5) is 29.8. The van der Waals surface area contributed by atoms with Gasteiger partial charge in [0.15, 0.2) is 0 Å². The number of likely N-dealkylation sites (N-methyl/N-ethyl adjacent to an activating group) is 1. The van der Waals surface area contributed by atoms with Crippen molar-refractivity contribution in [3.63, 3.8) is 0 Å². The lowest BCUT2D eigenvalue weighted by atomic mass is 9.94. The third-order valence-electron chi connectivity index (χ3n) is 8.25. The number of halogens is 1. The van der Waals surface area contributed by atoms with Crippen molar-refractivity contribution in [2.75, 3.05) is 13.6 Å². The molecule has 9 heteroatoms. The quantitative estimate of drug-likeness (QED) is 0.202. The van der Waals surface area contributed by atoms with Crippen LogP contribution in [-0.4, -0.2) is 55.1 Å². The predicted molar refractivity (Wildman–Crippen MR) is 177 cm³/mol. The zero-order chi connectivity index (χ0) is 31.1. The Bertz CT molecular complexity index is 1710. The zero-order valence-electron chi connectivity index (χ0n) is 24.9. The van der Waals surface area contributed by atoms with Gasteiger partial charge in [-0.1, -0.05) is 108 Å². The summed E-state index contributed by atoms with van der Waals surface area (Å²) >= 11 is 3.51. The number of amides is 2. The van der Waals surface area contributed by atoms with Crippen LogP contribution < -0.4 is 5.32 Å². The summed E-state index contributed by atoms with van der Waals surface area (Å²) in [6.07, 6.45) is 5.41. The minimum Gasteiger partial charge on any atom is -0.352 e. The highest BCUT2D eigenvalue weighted by Crippen LogP contribution is 2.24. The van der Waals surface area contributed by atoms with Gasteiger partial charge in [-0.15, -0.1) is 0 Å². The lowest BCUT2D eigenvalue weighted by Crippen LogP contribution is -2.54. The lowest BCUT2D eigenvalue weighted by Gasteiger charge is -2.34. The Hall–Kier alpha value is -3.53. The number of rotatable bonds is 11. The standard InChI is InChI=1S/C35H38BrN3O4S/c1-38(44(42,43)32-20-19-28-14-8-9-15-29(28)23-32)25-34(40)39(24-27-13-10-16-30(36)21-27)33(22-26-11-4-2-5-12-26)35(41)37-31-17-6-3-7-18-31/h2,4-5,8-16,19-21,23,31,33H,3,6-7,17-18,22,24-25H2,1H3,(H,37,41)/t33-/m0/s1. The van der Waals surface area contributed by atoms with E-state index in [9.17, 15) is 18.0 Å². The molecule has 0 unspecified atom stereocenters. The number of nitrogens with one attached hydrogen (secondary N) is 1. The van der Waals surface area contributed by atoms with Crippen LogP contribution in [0, 0.1) is 0 Å².